The van der Waals surface area contributed by atoms with E-state index in [0.29, 0.717) is 5.56 Å². The Morgan fingerprint density at radius 1 is 1.12 bits per heavy atom. The number of alkyl halides is 3. The fourth-order valence-electron chi connectivity index (χ4n) is 2.00. The highest BCUT2D eigenvalue weighted by molar-refractivity contribution is 5.94. The molecular weight excluding hydrogens is 337 g/mol. The second kappa shape index (κ2) is 6.71. The molecule has 0 aliphatic carbocycles. The van der Waals surface area contributed by atoms with Crippen molar-refractivity contribution in [2.24, 2.45) is 0 Å². The maximum atomic E-state index is 12.5. The lowest BCUT2D eigenvalue weighted by Gasteiger charge is -2.07. The Kier molecular flexibility index (Phi) is 4.46. The Morgan fingerprint density at radius 3 is 2.52 bits per heavy atom. The molecule has 0 bridgehead atoms. The normalized spacial score (nSPS) is 11.3. The van der Waals surface area contributed by atoms with E-state index in [1.807, 2.05) is 0 Å². The number of amides is 1. The Bertz CT molecular complexity index is 861. The van der Waals surface area contributed by atoms with Gasteiger partial charge in [-0.2, -0.15) is 13.2 Å². The first kappa shape index (κ1) is 16.6. The van der Waals surface area contributed by atoms with Crippen LogP contribution in [0.5, 0.6) is 0 Å². The molecule has 0 saturated carbocycles. The molecule has 1 amide bonds. The van der Waals surface area contributed by atoms with Crippen LogP contribution in [0.2, 0.25) is 0 Å². The van der Waals surface area contributed by atoms with E-state index in [4.69, 9.17) is 4.42 Å². The Hall–Kier alpha value is -3.23. The number of benzene rings is 1. The van der Waals surface area contributed by atoms with Crippen LogP contribution in [0, 0.1) is 0 Å². The van der Waals surface area contributed by atoms with E-state index in [0.717, 1.165) is 24.3 Å². The summed E-state index contributed by atoms with van der Waals surface area (Å²) in [4.78, 5) is 15.9. The van der Waals surface area contributed by atoms with Gasteiger partial charge >= 0.3 is 6.18 Å². The van der Waals surface area contributed by atoms with Gasteiger partial charge in [-0.1, -0.05) is 0 Å². The molecule has 6 nitrogen and oxygen atoms in total. The van der Waals surface area contributed by atoms with Gasteiger partial charge in [-0.3, -0.25) is 9.78 Å². The molecule has 25 heavy (non-hydrogen) atoms. The van der Waals surface area contributed by atoms with E-state index < -0.39 is 17.6 Å². The summed E-state index contributed by atoms with van der Waals surface area (Å²) in [5.74, 6) is -0.124. The number of carbonyl (C=O) groups is 1. The third-order valence-corrected chi connectivity index (χ3v) is 3.25. The third-order valence-electron chi connectivity index (χ3n) is 3.25. The van der Waals surface area contributed by atoms with E-state index in [1.54, 1.807) is 24.5 Å². The molecule has 1 N–H and O–H groups in total. The highest BCUT2D eigenvalue weighted by atomic mass is 19.4. The van der Waals surface area contributed by atoms with Crippen molar-refractivity contribution in [2.45, 2.75) is 12.7 Å². The quantitative estimate of drug-likeness (QED) is 0.784. The monoisotopic (exact) mass is 348 g/mol. The van der Waals surface area contributed by atoms with Gasteiger partial charge in [0.25, 0.3) is 5.91 Å². The zero-order valence-corrected chi connectivity index (χ0v) is 12.6. The molecule has 2 heterocycles. The smallest absolute Gasteiger partial charge is 0.416 e. The van der Waals surface area contributed by atoms with Gasteiger partial charge in [0.2, 0.25) is 11.8 Å². The zero-order valence-electron chi connectivity index (χ0n) is 12.6. The first-order valence-electron chi connectivity index (χ1n) is 7.12. The van der Waals surface area contributed by atoms with E-state index in [2.05, 4.69) is 20.5 Å². The van der Waals surface area contributed by atoms with Gasteiger partial charge in [0.05, 0.1) is 17.7 Å². The second-order valence-corrected chi connectivity index (χ2v) is 5.00. The second-order valence-electron chi connectivity index (χ2n) is 5.00. The average Bonchev–Trinajstić information content (AvgIpc) is 3.09. The molecular formula is C16H11F3N4O2. The van der Waals surface area contributed by atoms with Gasteiger partial charge in [0.15, 0.2) is 0 Å². The molecule has 0 radical (unpaired) electrons. The summed E-state index contributed by atoms with van der Waals surface area (Å²) in [7, 11) is 0. The number of aromatic nitrogens is 3. The first-order valence-corrected chi connectivity index (χ1v) is 7.12. The fraction of sp³-hybridized carbons (Fsp3) is 0.125. The summed E-state index contributed by atoms with van der Waals surface area (Å²) in [5, 5.41) is 10.1. The summed E-state index contributed by atoms with van der Waals surface area (Å²) in [6, 6.07) is 7.36. The van der Waals surface area contributed by atoms with Crippen molar-refractivity contribution in [3.05, 3.63) is 65.8 Å². The van der Waals surface area contributed by atoms with Crippen molar-refractivity contribution < 1.29 is 22.4 Å². The predicted molar refractivity (Wildman–Crippen MR) is 80.1 cm³/mol. The predicted octanol–water partition coefficient (Wildman–Crippen LogP) is 3.08. The van der Waals surface area contributed by atoms with Crippen LogP contribution in [0.4, 0.5) is 13.2 Å². The van der Waals surface area contributed by atoms with Crippen LogP contribution in [0.15, 0.2) is 53.2 Å². The summed E-state index contributed by atoms with van der Waals surface area (Å²) >= 11 is 0. The fourth-order valence-corrected chi connectivity index (χ4v) is 2.00. The number of carbonyl (C=O) groups excluding carboxylic acids is 1. The maximum Gasteiger partial charge on any atom is 0.416 e. The van der Waals surface area contributed by atoms with Gasteiger partial charge in [0.1, 0.15) is 0 Å². The Labute approximate surface area is 139 Å². The number of hydrogen-bond donors (Lipinski definition) is 1. The van der Waals surface area contributed by atoms with Crippen molar-refractivity contribution >= 4 is 5.91 Å². The van der Waals surface area contributed by atoms with Crippen molar-refractivity contribution in [2.75, 3.05) is 0 Å². The summed E-state index contributed by atoms with van der Waals surface area (Å²) in [6.45, 7) is -0.0485. The van der Waals surface area contributed by atoms with E-state index in [-0.39, 0.29) is 23.9 Å². The number of nitrogens with zero attached hydrogens (tertiary/aromatic N) is 3. The lowest BCUT2D eigenvalue weighted by atomic mass is 10.1. The number of pyridine rings is 1. The first-order chi connectivity index (χ1) is 11.9. The summed E-state index contributed by atoms with van der Waals surface area (Å²) < 4.78 is 42.9. The Balaban J connectivity index is 1.62. The van der Waals surface area contributed by atoms with Gasteiger partial charge in [-0.05, 0) is 36.4 Å². The summed E-state index contributed by atoms with van der Waals surface area (Å²) in [5.41, 5.74) is -0.0858. The molecule has 3 aromatic rings. The average molecular weight is 348 g/mol. The molecule has 0 atom stereocenters. The van der Waals surface area contributed by atoms with Crippen LogP contribution < -0.4 is 5.32 Å². The van der Waals surface area contributed by atoms with Crippen molar-refractivity contribution in [1.29, 1.82) is 0 Å². The molecule has 1 aromatic carbocycles. The third kappa shape index (κ3) is 4.00. The summed E-state index contributed by atoms with van der Waals surface area (Å²) in [6.07, 6.45) is -1.29. The molecule has 0 unspecified atom stereocenters. The molecule has 0 aliphatic rings. The highest BCUT2D eigenvalue weighted by Crippen LogP contribution is 2.29. The highest BCUT2D eigenvalue weighted by Gasteiger charge is 2.30. The van der Waals surface area contributed by atoms with Crippen molar-refractivity contribution in [3.63, 3.8) is 0 Å². The molecule has 2 aromatic heterocycles. The maximum absolute atomic E-state index is 12.5. The minimum atomic E-state index is -4.44. The van der Waals surface area contributed by atoms with Gasteiger partial charge < -0.3 is 9.73 Å². The zero-order chi connectivity index (χ0) is 17.9. The Morgan fingerprint density at radius 2 is 1.88 bits per heavy atom. The number of rotatable bonds is 4. The topological polar surface area (TPSA) is 80.9 Å². The van der Waals surface area contributed by atoms with Crippen LogP contribution in [0.1, 0.15) is 21.8 Å². The van der Waals surface area contributed by atoms with E-state index in [1.165, 1.54) is 0 Å². The van der Waals surface area contributed by atoms with Gasteiger partial charge in [-0.15, -0.1) is 10.2 Å². The SMILES string of the molecule is O=C(NCc1nnc(-c2cccnc2)o1)c1ccc(C(F)(F)F)cc1. The standard InChI is InChI=1S/C16H11F3N4O2/c17-16(18,19)12-5-3-10(4-6-12)14(24)21-9-13-22-23-15(25-13)11-2-1-7-20-8-11/h1-8H,9H2,(H,21,24). The van der Waals surface area contributed by atoms with Crippen molar-refractivity contribution in [3.8, 4) is 11.5 Å². The minimum absolute atomic E-state index is 0.0485. The van der Waals surface area contributed by atoms with E-state index >= 15 is 0 Å². The van der Waals surface area contributed by atoms with Crippen LogP contribution in [-0.2, 0) is 12.7 Å². The number of halogens is 3. The molecule has 0 aliphatic heterocycles. The molecule has 128 valence electrons. The van der Waals surface area contributed by atoms with E-state index in [9.17, 15) is 18.0 Å². The van der Waals surface area contributed by atoms with Gasteiger partial charge in [-0.25, -0.2) is 0 Å². The van der Waals surface area contributed by atoms with Crippen LogP contribution in [-0.4, -0.2) is 21.1 Å². The van der Waals surface area contributed by atoms with Crippen molar-refractivity contribution in [1.82, 2.24) is 20.5 Å². The molecule has 9 heteroatoms. The number of nitrogens with one attached hydrogen (secondary N) is 1. The molecule has 0 saturated heterocycles. The molecule has 3 rings (SSSR count). The number of hydrogen-bond acceptors (Lipinski definition) is 5. The van der Waals surface area contributed by atoms with Crippen LogP contribution in [0.3, 0.4) is 0 Å². The largest absolute Gasteiger partial charge is 0.419 e. The van der Waals surface area contributed by atoms with Gasteiger partial charge in [0, 0.05) is 18.0 Å². The minimum Gasteiger partial charge on any atom is -0.419 e. The van der Waals surface area contributed by atoms with Crippen LogP contribution in [0.25, 0.3) is 11.5 Å². The molecule has 0 fully saturated rings. The lowest BCUT2D eigenvalue weighted by molar-refractivity contribution is -0.137. The lowest BCUT2D eigenvalue weighted by Crippen LogP contribution is -2.23. The van der Waals surface area contributed by atoms with Crippen LogP contribution >= 0.6 is 0 Å². The molecule has 0 spiro atoms.